The molecule has 2 aromatic carbocycles. The van der Waals surface area contributed by atoms with E-state index in [9.17, 15) is 9.59 Å². The van der Waals surface area contributed by atoms with Crippen LogP contribution in [0.5, 0.6) is 0 Å². The molecule has 43 heavy (non-hydrogen) atoms. The van der Waals surface area contributed by atoms with Crippen LogP contribution in [-0.4, -0.2) is 31.5 Å². The third-order valence-electron chi connectivity index (χ3n) is 7.21. The Bertz CT molecular complexity index is 1730. The number of aromatic amines is 1. The van der Waals surface area contributed by atoms with Gasteiger partial charge in [0.2, 0.25) is 0 Å². The summed E-state index contributed by atoms with van der Waals surface area (Å²) in [6, 6.07) is 12.1. The third kappa shape index (κ3) is 7.55. The van der Waals surface area contributed by atoms with Crippen LogP contribution in [-0.2, 0) is 24.2 Å². The molecule has 0 saturated heterocycles. The van der Waals surface area contributed by atoms with Crippen LogP contribution in [0.3, 0.4) is 0 Å². The van der Waals surface area contributed by atoms with Gasteiger partial charge in [-0.05, 0) is 56.4 Å². The quantitative estimate of drug-likeness (QED) is 0.159. The van der Waals surface area contributed by atoms with E-state index in [1.807, 2.05) is 53.7 Å². The van der Waals surface area contributed by atoms with Gasteiger partial charge in [0.25, 0.3) is 5.56 Å². The monoisotopic (exact) mass is 589 g/mol. The second-order valence-electron chi connectivity index (χ2n) is 12.0. The van der Waals surface area contributed by atoms with Gasteiger partial charge in [-0.2, -0.15) is 0 Å². The summed E-state index contributed by atoms with van der Waals surface area (Å²) in [4.78, 5) is 38.5. The average molecular weight is 590 g/mol. The minimum atomic E-state index is -0.670. The Labute approximate surface area is 250 Å². The number of nitrogens with zero attached hydrogens (tertiary/aromatic N) is 4. The van der Waals surface area contributed by atoms with Crippen LogP contribution < -0.4 is 11.3 Å². The van der Waals surface area contributed by atoms with Gasteiger partial charge in [-0.25, -0.2) is 14.2 Å². The normalized spacial score (nSPS) is 12.3. The van der Waals surface area contributed by atoms with Crippen LogP contribution in [0.4, 0.5) is 4.39 Å². The van der Waals surface area contributed by atoms with E-state index in [1.165, 1.54) is 6.07 Å². The summed E-state index contributed by atoms with van der Waals surface area (Å²) in [5.41, 5.74) is 3.59. The largest absolute Gasteiger partial charge is 0.439 e. The molecule has 4 rings (SSSR count). The zero-order valence-electron chi connectivity index (χ0n) is 26.0. The molecule has 0 radical (unpaired) electrons. The molecule has 0 fully saturated rings. The van der Waals surface area contributed by atoms with Crippen LogP contribution in [0.2, 0.25) is 0 Å². The Morgan fingerprint density at radius 1 is 1.14 bits per heavy atom. The summed E-state index contributed by atoms with van der Waals surface area (Å²) < 4.78 is 22.0. The molecule has 2 aromatic heterocycles. The number of aromatic nitrogens is 4. The Kier molecular flexibility index (Phi) is 9.78. The molecule has 2 heterocycles. The highest BCUT2D eigenvalue weighted by atomic mass is 19.1. The minimum absolute atomic E-state index is 0.0972. The first kappa shape index (κ1) is 31.6. The molecule has 0 bridgehead atoms. The van der Waals surface area contributed by atoms with Crippen molar-refractivity contribution in [3.8, 4) is 22.5 Å². The average Bonchev–Trinajstić information content (AvgIpc) is 3.39. The molecule has 10 heteroatoms. The number of unbranched alkanes of at least 4 members (excludes halogenated alkanes) is 1. The molecule has 228 valence electrons. The minimum Gasteiger partial charge on any atom is -0.393 e. The number of hydrogen-bond donors (Lipinski definition) is 1. The van der Waals surface area contributed by atoms with Crippen molar-refractivity contribution >= 4 is 5.71 Å². The van der Waals surface area contributed by atoms with Gasteiger partial charge in [-0.3, -0.25) is 18.9 Å². The number of nitrogens with one attached hydrogen (secondary N) is 1. The summed E-state index contributed by atoms with van der Waals surface area (Å²) in [5, 5.41) is 8.17. The molecule has 1 N–H and O–H groups in total. The van der Waals surface area contributed by atoms with Crippen molar-refractivity contribution in [1.29, 1.82) is 0 Å². The molecule has 0 aliphatic heterocycles. The van der Waals surface area contributed by atoms with Crippen LogP contribution >= 0.6 is 0 Å². The SMILES string of the molecule is CCCCc1nc(C)n(C/C(=N/OC(C)C)C(C)(C)C)c(=O)c1Cc1ccc(-c2ccccc2-c2noc(=O)[nH]2)cc1F. The molecular formula is C33H40FN5O4. The van der Waals surface area contributed by atoms with Crippen LogP contribution in [0.15, 0.2) is 61.7 Å². The van der Waals surface area contributed by atoms with E-state index in [-0.39, 0.29) is 35.9 Å². The maximum absolute atomic E-state index is 15.7. The Balaban J connectivity index is 1.74. The molecular weight excluding hydrogens is 549 g/mol. The van der Waals surface area contributed by atoms with Gasteiger partial charge in [0.15, 0.2) is 5.82 Å². The predicted octanol–water partition coefficient (Wildman–Crippen LogP) is 6.46. The summed E-state index contributed by atoms with van der Waals surface area (Å²) in [6.45, 7) is 14.0. The zero-order chi connectivity index (χ0) is 31.3. The number of oxime groups is 1. The fraction of sp³-hybridized carbons (Fsp3) is 0.424. The maximum atomic E-state index is 15.7. The van der Waals surface area contributed by atoms with Crippen molar-refractivity contribution < 1.29 is 13.8 Å². The zero-order valence-corrected chi connectivity index (χ0v) is 26.0. The van der Waals surface area contributed by atoms with Gasteiger partial charge >= 0.3 is 5.76 Å². The number of aryl methyl sites for hydroxylation is 2. The van der Waals surface area contributed by atoms with Crippen LogP contribution in [0.1, 0.15) is 77.0 Å². The van der Waals surface area contributed by atoms with Crippen molar-refractivity contribution in [3.63, 3.8) is 0 Å². The predicted molar refractivity (Wildman–Crippen MR) is 166 cm³/mol. The van der Waals surface area contributed by atoms with E-state index in [4.69, 9.17) is 9.82 Å². The molecule has 4 aromatic rings. The van der Waals surface area contributed by atoms with E-state index in [1.54, 1.807) is 28.8 Å². The molecule has 0 amide bonds. The molecule has 0 saturated carbocycles. The Morgan fingerprint density at radius 2 is 1.86 bits per heavy atom. The maximum Gasteiger partial charge on any atom is 0.439 e. The summed E-state index contributed by atoms with van der Waals surface area (Å²) in [7, 11) is 0. The number of rotatable bonds is 11. The van der Waals surface area contributed by atoms with E-state index in [0.29, 0.717) is 51.5 Å². The van der Waals surface area contributed by atoms with Crippen molar-refractivity contribution in [3.05, 3.63) is 91.8 Å². The molecule has 0 aliphatic carbocycles. The van der Waals surface area contributed by atoms with E-state index in [2.05, 4.69) is 26.7 Å². The highest BCUT2D eigenvalue weighted by Crippen LogP contribution is 2.31. The third-order valence-corrected chi connectivity index (χ3v) is 7.21. The topological polar surface area (TPSA) is 115 Å². The fourth-order valence-electron chi connectivity index (χ4n) is 4.73. The number of H-pyrrole nitrogens is 1. The lowest BCUT2D eigenvalue weighted by Gasteiger charge is -2.24. The number of benzene rings is 2. The number of halogens is 1. The van der Waals surface area contributed by atoms with Crippen LogP contribution in [0.25, 0.3) is 22.5 Å². The molecule has 0 atom stereocenters. The van der Waals surface area contributed by atoms with Gasteiger partial charge in [0, 0.05) is 23.0 Å². The number of hydrogen-bond acceptors (Lipinski definition) is 7. The van der Waals surface area contributed by atoms with Gasteiger partial charge in [0.1, 0.15) is 17.7 Å². The lowest BCUT2D eigenvalue weighted by Crippen LogP contribution is -2.35. The fourth-order valence-corrected chi connectivity index (χ4v) is 4.73. The van der Waals surface area contributed by atoms with E-state index >= 15 is 4.39 Å². The highest BCUT2D eigenvalue weighted by molar-refractivity contribution is 5.88. The van der Waals surface area contributed by atoms with Gasteiger partial charge < -0.3 is 4.84 Å². The van der Waals surface area contributed by atoms with Crippen molar-refractivity contribution in [2.45, 2.75) is 86.8 Å². The van der Waals surface area contributed by atoms with E-state index in [0.717, 1.165) is 12.8 Å². The second kappa shape index (κ2) is 13.3. The summed E-state index contributed by atoms with van der Waals surface area (Å²) >= 11 is 0. The Morgan fingerprint density at radius 3 is 2.47 bits per heavy atom. The first-order chi connectivity index (χ1) is 20.4. The molecule has 0 spiro atoms. The van der Waals surface area contributed by atoms with E-state index < -0.39 is 11.6 Å². The van der Waals surface area contributed by atoms with Crippen LogP contribution in [0, 0.1) is 18.2 Å². The molecule has 0 aliphatic rings. The van der Waals surface area contributed by atoms with Gasteiger partial charge in [-0.1, -0.05) is 80.8 Å². The van der Waals surface area contributed by atoms with Crippen molar-refractivity contribution in [1.82, 2.24) is 19.7 Å². The second-order valence-corrected chi connectivity index (χ2v) is 12.0. The summed E-state index contributed by atoms with van der Waals surface area (Å²) in [6.07, 6.45) is 2.43. The first-order valence-electron chi connectivity index (χ1n) is 14.7. The molecule has 0 unspecified atom stereocenters. The lowest BCUT2D eigenvalue weighted by molar-refractivity contribution is 0.0829. The summed E-state index contributed by atoms with van der Waals surface area (Å²) in [5.74, 6) is -0.277. The van der Waals surface area contributed by atoms with Gasteiger partial charge in [-0.15, -0.1) is 0 Å². The highest BCUT2D eigenvalue weighted by Gasteiger charge is 2.24. The van der Waals surface area contributed by atoms with Crippen molar-refractivity contribution in [2.75, 3.05) is 0 Å². The smallest absolute Gasteiger partial charge is 0.393 e. The lowest BCUT2D eigenvalue weighted by atomic mass is 9.90. The first-order valence-corrected chi connectivity index (χ1v) is 14.7. The molecule has 9 nitrogen and oxygen atoms in total. The Hall–Kier alpha value is -4.34. The van der Waals surface area contributed by atoms with Crippen molar-refractivity contribution in [2.24, 2.45) is 10.6 Å². The van der Waals surface area contributed by atoms with Gasteiger partial charge in [0.05, 0.1) is 18.0 Å². The standard InChI is InChI=1S/C33H40FN5O4/c1-8-9-14-28-26(31(40)39(21(4)35-28)19-29(33(5,6)7)37-42-20(2)3)17-23-16-15-22(18-27(23)34)24-12-10-11-13-25(24)30-36-32(41)43-38-30/h10-13,15-16,18,20H,8-9,14,17,19H2,1-7H3,(H,36,38,41)/b37-29-.